The van der Waals surface area contributed by atoms with Gasteiger partial charge < -0.3 is 4.74 Å². The van der Waals surface area contributed by atoms with Crippen molar-refractivity contribution in [2.75, 3.05) is 0 Å². The predicted molar refractivity (Wildman–Crippen MR) is 70.7 cm³/mol. The first-order chi connectivity index (χ1) is 8.58. The first-order valence-electron chi connectivity index (χ1n) is 4.97. The number of aromatic nitrogens is 2. The molecule has 0 bridgehead atoms. The van der Waals surface area contributed by atoms with E-state index in [1.807, 2.05) is 6.07 Å². The standard InChI is InChI=1S/C12H7BrClN3O/c1-7-16-11(14)5-12(17-7)18-10-4-8(6-15)2-3-9(10)13/h2-5H,1H3. The molecule has 4 nitrogen and oxygen atoms in total. The molecule has 0 radical (unpaired) electrons. The molecule has 6 heteroatoms. The van der Waals surface area contributed by atoms with Crippen molar-refractivity contribution < 1.29 is 4.74 Å². The summed E-state index contributed by atoms with van der Waals surface area (Å²) in [4.78, 5) is 8.05. The SMILES string of the molecule is Cc1nc(Cl)cc(Oc2cc(C#N)ccc2Br)n1. The minimum absolute atomic E-state index is 0.310. The van der Waals surface area contributed by atoms with Gasteiger partial charge in [0.25, 0.3) is 0 Å². The largest absolute Gasteiger partial charge is 0.438 e. The van der Waals surface area contributed by atoms with E-state index < -0.39 is 0 Å². The van der Waals surface area contributed by atoms with Crippen LogP contribution in [0.4, 0.5) is 0 Å². The Balaban J connectivity index is 2.36. The third-order valence-electron chi connectivity index (χ3n) is 2.06. The minimum atomic E-state index is 0.310. The van der Waals surface area contributed by atoms with E-state index in [9.17, 15) is 0 Å². The third kappa shape index (κ3) is 2.97. The Bertz CT molecular complexity index is 619. The highest BCUT2D eigenvalue weighted by Gasteiger charge is 2.07. The molecule has 0 aliphatic rings. The van der Waals surface area contributed by atoms with Crippen LogP contribution in [0.25, 0.3) is 0 Å². The maximum absolute atomic E-state index is 8.84. The third-order valence-corrected chi connectivity index (χ3v) is 2.91. The van der Waals surface area contributed by atoms with Crippen LogP contribution >= 0.6 is 27.5 Å². The quantitative estimate of drug-likeness (QED) is 0.787. The summed E-state index contributed by atoms with van der Waals surface area (Å²) in [6.07, 6.45) is 0. The van der Waals surface area contributed by atoms with Crippen LogP contribution in [0.1, 0.15) is 11.4 Å². The second-order valence-corrected chi connectivity index (χ2v) is 4.68. The van der Waals surface area contributed by atoms with Crippen LogP contribution in [0.3, 0.4) is 0 Å². The van der Waals surface area contributed by atoms with Gasteiger partial charge in [0.1, 0.15) is 16.7 Å². The van der Waals surface area contributed by atoms with E-state index in [0.29, 0.717) is 28.2 Å². The lowest BCUT2D eigenvalue weighted by Crippen LogP contribution is -1.94. The molecule has 2 aromatic rings. The number of rotatable bonds is 2. The summed E-state index contributed by atoms with van der Waals surface area (Å²) in [5, 5.41) is 9.15. The molecule has 2 rings (SSSR count). The zero-order valence-corrected chi connectivity index (χ0v) is 11.7. The Morgan fingerprint density at radius 2 is 2.11 bits per heavy atom. The van der Waals surface area contributed by atoms with Crippen LogP contribution in [-0.2, 0) is 0 Å². The van der Waals surface area contributed by atoms with Gasteiger partial charge in [0, 0.05) is 6.07 Å². The Kier molecular flexibility index (Phi) is 3.80. The molecule has 1 aromatic carbocycles. The number of hydrogen-bond donors (Lipinski definition) is 0. The van der Waals surface area contributed by atoms with Crippen LogP contribution in [-0.4, -0.2) is 9.97 Å². The summed E-state index contributed by atoms with van der Waals surface area (Å²) >= 11 is 9.16. The monoisotopic (exact) mass is 323 g/mol. The number of benzene rings is 1. The van der Waals surface area contributed by atoms with Crippen LogP contribution in [0.15, 0.2) is 28.7 Å². The van der Waals surface area contributed by atoms with Crippen molar-refractivity contribution in [3.63, 3.8) is 0 Å². The van der Waals surface area contributed by atoms with E-state index in [0.717, 1.165) is 4.47 Å². The Labute approximate surface area is 117 Å². The number of aryl methyl sites for hydroxylation is 1. The van der Waals surface area contributed by atoms with Crippen LogP contribution in [0.5, 0.6) is 11.6 Å². The molecule has 1 aromatic heterocycles. The average molecular weight is 325 g/mol. The van der Waals surface area contributed by atoms with Crippen molar-refractivity contribution in [3.05, 3.63) is 45.3 Å². The lowest BCUT2D eigenvalue weighted by atomic mass is 10.2. The summed E-state index contributed by atoms with van der Waals surface area (Å²) in [6.45, 7) is 1.72. The van der Waals surface area contributed by atoms with Gasteiger partial charge in [0.2, 0.25) is 5.88 Å². The highest BCUT2D eigenvalue weighted by molar-refractivity contribution is 9.10. The van der Waals surface area contributed by atoms with E-state index in [2.05, 4.69) is 25.9 Å². The maximum Gasteiger partial charge on any atom is 0.224 e. The van der Waals surface area contributed by atoms with Gasteiger partial charge in [-0.15, -0.1) is 0 Å². The Morgan fingerprint density at radius 3 is 2.78 bits per heavy atom. The fourth-order valence-corrected chi connectivity index (χ4v) is 1.86. The summed E-state index contributed by atoms with van der Waals surface area (Å²) in [7, 11) is 0. The van der Waals surface area contributed by atoms with Gasteiger partial charge in [-0.1, -0.05) is 11.6 Å². The highest BCUT2D eigenvalue weighted by atomic mass is 79.9. The van der Waals surface area contributed by atoms with E-state index in [4.69, 9.17) is 21.6 Å². The number of halogens is 2. The molecule has 0 aliphatic carbocycles. The van der Waals surface area contributed by atoms with Gasteiger partial charge in [-0.05, 0) is 41.1 Å². The van der Waals surface area contributed by atoms with Crippen LogP contribution in [0, 0.1) is 18.3 Å². The molecular formula is C12H7BrClN3O. The molecular weight excluding hydrogens is 318 g/mol. The Hall–Kier alpha value is -1.64. The maximum atomic E-state index is 8.84. The molecule has 0 saturated heterocycles. The Morgan fingerprint density at radius 1 is 1.33 bits per heavy atom. The number of ether oxygens (including phenoxy) is 1. The molecule has 0 fully saturated rings. The number of nitrogens with zero attached hydrogens (tertiary/aromatic N) is 3. The molecule has 0 spiro atoms. The van der Waals surface area contributed by atoms with Crippen LogP contribution < -0.4 is 4.74 Å². The lowest BCUT2D eigenvalue weighted by molar-refractivity contribution is 0.457. The second kappa shape index (κ2) is 5.34. The van der Waals surface area contributed by atoms with E-state index in [1.165, 1.54) is 6.07 Å². The van der Waals surface area contributed by atoms with Gasteiger partial charge in [-0.25, -0.2) is 4.98 Å². The molecule has 0 aliphatic heterocycles. The normalized spacial score (nSPS) is 9.89. The van der Waals surface area contributed by atoms with Gasteiger partial charge in [-0.2, -0.15) is 10.2 Å². The van der Waals surface area contributed by atoms with Crippen molar-refractivity contribution in [1.29, 1.82) is 5.26 Å². The summed E-state index contributed by atoms with van der Waals surface area (Å²) in [5.41, 5.74) is 0.505. The van der Waals surface area contributed by atoms with E-state index >= 15 is 0 Å². The van der Waals surface area contributed by atoms with Crippen LogP contribution in [0.2, 0.25) is 5.15 Å². The van der Waals surface area contributed by atoms with Crippen molar-refractivity contribution >= 4 is 27.5 Å². The zero-order chi connectivity index (χ0) is 13.1. The average Bonchev–Trinajstić information content (AvgIpc) is 2.30. The lowest BCUT2D eigenvalue weighted by Gasteiger charge is -2.07. The van der Waals surface area contributed by atoms with Gasteiger partial charge >= 0.3 is 0 Å². The molecule has 18 heavy (non-hydrogen) atoms. The second-order valence-electron chi connectivity index (χ2n) is 3.44. The van der Waals surface area contributed by atoms with Gasteiger partial charge in [0.05, 0.1) is 16.1 Å². The molecule has 0 atom stereocenters. The fourth-order valence-electron chi connectivity index (χ4n) is 1.32. The summed E-state index contributed by atoms with van der Waals surface area (Å²) in [5.74, 6) is 1.36. The first kappa shape index (κ1) is 12.8. The molecule has 0 N–H and O–H groups in total. The van der Waals surface area contributed by atoms with Gasteiger partial charge in [-0.3, -0.25) is 0 Å². The molecule has 1 heterocycles. The van der Waals surface area contributed by atoms with Gasteiger partial charge in [0.15, 0.2) is 0 Å². The summed E-state index contributed by atoms with van der Waals surface area (Å²) in [6, 6.07) is 8.61. The topological polar surface area (TPSA) is 58.8 Å². The van der Waals surface area contributed by atoms with Crippen molar-refractivity contribution in [3.8, 4) is 17.7 Å². The smallest absolute Gasteiger partial charge is 0.224 e. The molecule has 0 unspecified atom stereocenters. The van der Waals surface area contributed by atoms with Crippen molar-refractivity contribution in [1.82, 2.24) is 9.97 Å². The fraction of sp³-hybridized carbons (Fsp3) is 0.0833. The molecule has 0 saturated carbocycles. The zero-order valence-electron chi connectivity index (χ0n) is 9.32. The minimum Gasteiger partial charge on any atom is -0.438 e. The summed E-state index contributed by atoms with van der Waals surface area (Å²) < 4.78 is 6.31. The molecule has 90 valence electrons. The predicted octanol–water partition coefficient (Wildman–Crippen LogP) is 3.86. The number of hydrogen-bond acceptors (Lipinski definition) is 4. The molecule has 0 amide bonds. The van der Waals surface area contributed by atoms with E-state index in [-0.39, 0.29) is 0 Å². The van der Waals surface area contributed by atoms with Crippen molar-refractivity contribution in [2.45, 2.75) is 6.92 Å². The van der Waals surface area contributed by atoms with E-state index in [1.54, 1.807) is 25.1 Å². The van der Waals surface area contributed by atoms with Crippen molar-refractivity contribution in [2.24, 2.45) is 0 Å². The number of nitriles is 1. The highest BCUT2D eigenvalue weighted by Crippen LogP contribution is 2.30. The first-order valence-corrected chi connectivity index (χ1v) is 6.14.